The zero-order valence-corrected chi connectivity index (χ0v) is 18.8. The first-order chi connectivity index (χ1) is 14.9. The minimum atomic E-state index is -0.157. The van der Waals surface area contributed by atoms with E-state index in [4.69, 9.17) is 4.74 Å². The van der Waals surface area contributed by atoms with Gasteiger partial charge < -0.3 is 9.84 Å². The summed E-state index contributed by atoms with van der Waals surface area (Å²) in [5, 5.41) is 14.0. The molecule has 2 aromatic rings. The van der Waals surface area contributed by atoms with E-state index in [0.29, 0.717) is 12.1 Å². The maximum absolute atomic E-state index is 12.2. The molecule has 0 aliphatic carbocycles. The van der Waals surface area contributed by atoms with Crippen LogP contribution in [0.15, 0.2) is 35.4 Å². The molecule has 7 nitrogen and oxygen atoms in total. The number of aryl methyl sites for hydroxylation is 2. The molecule has 2 N–H and O–H groups in total. The van der Waals surface area contributed by atoms with Crippen molar-refractivity contribution < 1.29 is 14.6 Å². The molecule has 3 rings (SSSR count). The summed E-state index contributed by atoms with van der Waals surface area (Å²) in [5.74, 6) is 0.957. The van der Waals surface area contributed by atoms with Crippen LogP contribution in [0.5, 0.6) is 11.5 Å². The smallest absolute Gasteiger partial charge is 0.254 e. The van der Waals surface area contributed by atoms with Gasteiger partial charge in [-0.25, -0.2) is 5.43 Å². The molecule has 1 heterocycles. The van der Waals surface area contributed by atoms with Crippen molar-refractivity contribution in [3.05, 3.63) is 58.1 Å². The highest BCUT2D eigenvalue weighted by Gasteiger charge is 2.19. The van der Waals surface area contributed by atoms with Crippen molar-refractivity contribution in [1.29, 1.82) is 0 Å². The second kappa shape index (κ2) is 10.4. The fourth-order valence-electron chi connectivity index (χ4n) is 3.76. The molecule has 1 saturated heterocycles. The zero-order valence-electron chi connectivity index (χ0n) is 18.8. The number of para-hydroxylation sites is 1. The third-order valence-electron chi connectivity index (χ3n) is 5.80. The van der Waals surface area contributed by atoms with Crippen LogP contribution in [0.25, 0.3) is 0 Å². The summed E-state index contributed by atoms with van der Waals surface area (Å²) in [7, 11) is 1.71. The lowest BCUT2D eigenvalue weighted by Gasteiger charge is -2.34. The summed E-state index contributed by atoms with van der Waals surface area (Å²) >= 11 is 0. The minimum Gasteiger partial charge on any atom is -0.507 e. The molecular formula is C24H32N4O3. The summed E-state index contributed by atoms with van der Waals surface area (Å²) in [6, 6.07) is 9.75. The number of benzene rings is 2. The van der Waals surface area contributed by atoms with E-state index in [2.05, 4.69) is 46.3 Å². The van der Waals surface area contributed by atoms with Crippen molar-refractivity contribution in [2.24, 2.45) is 5.10 Å². The standard InChI is InChI=1S/C24H32N4O3/c1-17-6-5-7-21(24(17)30)14-25-26-23(29)16-28-10-8-27(9-11-28)15-20-12-18(2)19(3)22(13-20)31-4/h5-7,12-14,30H,8-11,15-16H2,1-4H3,(H,26,29)/b25-14+. The lowest BCUT2D eigenvalue weighted by Crippen LogP contribution is -2.48. The fraction of sp³-hybridized carbons (Fsp3) is 0.417. The van der Waals surface area contributed by atoms with Crippen LogP contribution < -0.4 is 10.2 Å². The molecule has 0 radical (unpaired) electrons. The monoisotopic (exact) mass is 424 g/mol. The third-order valence-corrected chi connectivity index (χ3v) is 5.80. The number of ether oxygens (including phenoxy) is 1. The van der Waals surface area contributed by atoms with Gasteiger partial charge in [-0.2, -0.15) is 5.10 Å². The van der Waals surface area contributed by atoms with E-state index >= 15 is 0 Å². The molecule has 2 aromatic carbocycles. The van der Waals surface area contributed by atoms with Crippen molar-refractivity contribution in [3.8, 4) is 11.5 Å². The third kappa shape index (κ3) is 6.06. The molecule has 7 heteroatoms. The highest BCUT2D eigenvalue weighted by molar-refractivity contribution is 5.86. The van der Waals surface area contributed by atoms with Crippen molar-refractivity contribution >= 4 is 12.1 Å². The number of carbonyl (C=O) groups excluding carboxylic acids is 1. The Morgan fingerprint density at radius 1 is 1.13 bits per heavy atom. The van der Waals surface area contributed by atoms with Gasteiger partial charge in [0.05, 0.1) is 19.9 Å². The Labute approximate surface area is 184 Å². The van der Waals surface area contributed by atoms with Crippen LogP contribution in [-0.2, 0) is 11.3 Å². The number of piperazine rings is 1. The van der Waals surface area contributed by atoms with Crippen LogP contribution in [0.1, 0.15) is 27.8 Å². The van der Waals surface area contributed by atoms with Crippen molar-refractivity contribution in [2.75, 3.05) is 39.8 Å². The second-order valence-electron chi connectivity index (χ2n) is 8.10. The van der Waals surface area contributed by atoms with Gasteiger partial charge in [0.1, 0.15) is 11.5 Å². The molecule has 0 atom stereocenters. The van der Waals surface area contributed by atoms with Gasteiger partial charge in [-0.1, -0.05) is 18.2 Å². The van der Waals surface area contributed by atoms with Crippen LogP contribution >= 0.6 is 0 Å². The highest BCUT2D eigenvalue weighted by Crippen LogP contribution is 2.24. The Hall–Kier alpha value is -2.90. The number of carbonyl (C=O) groups is 1. The van der Waals surface area contributed by atoms with Crippen LogP contribution in [0.2, 0.25) is 0 Å². The number of hydrogen-bond donors (Lipinski definition) is 2. The van der Waals surface area contributed by atoms with Gasteiger partial charge in [0.2, 0.25) is 0 Å². The minimum absolute atomic E-state index is 0.157. The predicted molar refractivity (Wildman–Crippen MR) is 123 cm³/mol. The Kier molecular flexibility index (Phi) is 7.65. The average molecular weight is 425 g/mol. The van der Waals surface area contributed by atoms with E-state index in [-0.39, 0.29) is 11.7 Å². The van der Waals surface area contributed by atoms with Crippen LogP contribution in [0, 0.1) is 20.8 Å². The molecule has 1 aliphatic rings. The number of phenols is 1. The lowest BCUT2D eigenvalue weighted by molar-refractivity contribution is -0.122. The van der Waals surface area contributed by atoms with Gasteiger partial charge in [-0.3, -0.25) is 14.6 Å². The molecule has 1 fully saturated rings. The first-order valence-corrected chi connectivity index (χ1v) is 10.6. The van der Waals surface area contributed by atoms with Crippen molar-refractivity contribution in [2.45, 2.75) is 27.3 Å². The molecule has 1 aliphatic heterocycles. The maximum Gasteiger partial charge on any atom is 0.254 e. The van der Waals surface area contributed by atoms with E-state index in [1.807, 2.05) is 19.1 Å². The molecule has 1 amide bonds. The summed E-state index contributed by atoms with van der Waals surface area (Å²) in [5.41, 5.74) is 7.57. The van der Waals surface area contributed by atoms with Gasteiger partial charge in [0.25, 0.3) is 5.91 Å². The predicted octanol–water partition coefficient (Wildman–Crippen LogP) is 2.59. The summed E-state index contributed by atoms with van der Waals surface area (Å²) in [4.78, 5) is 16.7. The summed E-state index contributed by atoms with van der Waals surface area (Å²) in [6.07, 6.45) is 1.47. The number of phenolic OH excluding ortho intramolecular Hbond substituents is 1. The molecule has 31 heavy (non-hydrogen) atoms. The van der Waals surface area contributed by atoms with Crippen LogP contribution in [0.4, 0.5) is 0 Å². The molecule has 166 valence electrons. The number of nitrogens with zero attached hydrogens (tertiary/aromatic N) is 3. The topological polar surface area (TPSA) is 77.4 Å². The number of methoxy groups -OCH3 is 1. The van der Waals surface area contributed by atoms with Gasteiger partial charge in [0.15, 0.2) is 0 Å². The van der Waals surface area contributed by atoms with E-state index in [1.54, 1.807) is 13.2 Å². The van der Waals surface area contributed by atoms with Gasteiger partial charge >= 0.3 is 0 Å². The molecule has 0 bridgehead atoms. The quantitative estimate of drug-likeness (QED) is 0.528. The van der Waals surface area contributed by atoms with Gasteiger partial charge in [-0.05, 0) is 55.2 Å². The Morgan fingerprint density at radius 3 is 2.55 bits per heavy atom. The van der Waals surface area contributed by atoms with Gasteiger partial charge in [0, 0.05) is 38.3 Å². The summed E-state index contributed by atoms with van der Waals surface area (Å²) < 4.78 is 5.49. The lowest BCUT2D eigenvalue weighted by atomic mass is 10.0. The van der Waals surface area contributed by atoms with Crippen LogP contribution in [0.3, 0.4) is 0 Å². The second-order valence-corrected chi connectivity index (χ2v) is 8.10. The fourth-order valence-corrected chi connectivity index (χ4v) is 3.76. The Bertz CT molecular complexity index is 950. The summed E-state index contributed by atoms with van der Waals surface area (Å²) in [6.45, 7) is 10.7. The van der Waals surface area contributed by atoms with E-state index < -0.39 is 0 Å². The number of aromatic hydroxyl groups is 1. The van der Waals surface area contributed by atoms with E-state index in [1.165, 1.54) is 22.9 Å². The average Bonchev–Trinajstić information content (AvgIpc) is 2.75. The van der Waals surface area contributed by atoms with E-state index in [0.717, 1.165) is 44.0 Å². The number of hydrogen-bond acceptors (Lipinski definition) is 6. The molecule has 0 unspecified atom stereocenters. The van der Waals surface area contributed by atoms with Crippen LogP contribution in [-0.4, -0.2) is 66.9 Å². The van der Waals surface area contributed by atoms with Crippen molar-refractivity contribution in [1.82, 2.24) is 15.2 Å². The van der Waals surface area contributed by atoms with Crippen molar-refractivity contribution in [3.63, 3.8) is 0 Å². The molecule has 0 aromatic heterocycles. The number of hydrazone groups is 1. The number of nitrogens with one attached hydrogen (secondary N) is 1. The SMILES string of the molecule is COc1cc(CN2CCN(CC(=O)N/N=C/c3cccc(C)c3O)CC2)cc(C)c1C. The highest BCUT2D eigenvalue weighted by atomic mass is 16.5. The van der Waals surface area contributed by atoms with E-state index in [9.17, 15) is 9.90 Å². The zero-order chi connectivity index (χ0) is 22.4. The Morgan fingerprint density at radius 2 is 1.84 bits per heavy atom. The number of amides is 1. The maximum atomic E-state index is 12.2. The molecular weight excluding hydrogens is 392 g/mol. The normalized spacial score (nSPS) is 15.4. The molecule has 0 spiro atoms. The first-order valence-electron chi connectivity index (χ1n) is 10.6. The number of rotatable bonds is 7. The van der Waals surface area contributed by atoms with Gasteiger partial charge in [-0.15, -0.1) is 0 Å². The first kappa shape index (κ1) is 22.8. The molecule has 0 saturated carbocycles. The Balaban J connectivity index is 1.45. The largest absolute Gasteiger partial charge is 0.507 e.